The lowest BCUT2D eigenvalue weighted by Crippen LogP contribution is -2.01. The Morgan fingerprint density at radius 2 is 2.27 bits per heavy atom. The van der Waals surface area contributed by atoms with Crippen molar-refractivity contribution in [1.82, 2.24) is 9.55 Å². The molecular weight excluding hydrogens is 275 g/mol. The molecule has 2 aromatic rings. The Morgan fingerprint density at radius 3 is 2.93 bits per heavy atom. The molecule has 0 spiro atoms. The molecule has 1 aromatic carbocycles. The minimum Gasteiger partial charge on any atom is -0.327 e. The first kappa shape index (κ1) is 11.0. The summed E-state index contributed by atoms with van der Waals surface area (Å²) in [6.07, 6.45) is 1.09. The highest BCUT2D eigenvalue weighted by Gasteiger charge is 2.10. The molecule has 0 radical (unpaired) electrons. The molecule has 2 nitrogen and oxygen atoms in total. The van der Waals surface area contributed by atoms with Crippen molar-refractivity contribution in [2.24, 2.45) is 0 Å². The van der Waals surface area contributed by atoms with Gasteiger partial charge in [0, 0.05) is 11.0 Å². The summed E-state index contributed by atoms with van der Waals surface area (Å²) in [5, 5.41) is 0. The molecule has 1 heterocycles. The van der Waals surface area contributed by atoms with Crippen LogP contribution in [0.2, 0.25) is 0 Å². The monoisotopic (exact) mass is 286 g/mol. The Labute approximate surface area is 102 Å². The van der Waals surface area contributed by atoms with E-state index in [9.17, 15) is 0 Å². The second-order valence-corrected chi connectivity index (χ2v) is 4.54. The summed E-state index contributed by atoms with van der Waals surface area (Å²) < 4.78 is 3.22. The molecule has 0 unspecified atom stereocenters. The van der Waals surface area contributed by atoms with Crippen molar-refractivity contribution >= 4 is 38.6 Å². The number of fused-ring (bicyclic) bond motifs is 1. The number of imidazole rings is 1. The molecule has 0 aliphatic carbocycles. The zero-order valence-corrected chi connectivity index (χ0v) is 10.8. The summed E-state index contributed by atoms with van der Waals surface area (Å²) in [6.45, 7) is 3.12. The number of aryl methyl sites for hydroxylation is 1. The number of hydrogen-bond donors (Lipinski definition) is 0. The molecule has 0 aliphatic heterocycles. The Kier molecular flexibility index (Phi) is 3.32. The van der Waals surface area contributed by atoms with Gasteiger partial charge in [-0.15, -0.1) is 11.6 Å². The van der Waals surface area contributed by atoms with Crippen LogP contribution in [0.5, 0.6) is 0 Å². The molecule has 0 saturated heterocycles. The lowest BCUT2D eigenvalue weighted by atomic mass is 10.3. The number of rotatable bonds is 3. The molecule has 0 fully saturated rings. The molecule has 2 rings (SSSR count). The quantitative estimate of drug-likeness (QED) is 0.782. The average molecular weight is 288 g/mol. The van der Waals surface area contributed by atoms with Gasteiger partial charge in [-0.3, -0.25) is 0 Å². The predicted octanol–water partition coefficient (Wildman–Crippen LogP) is 3.95. The van der Waals surface area contributed by atoms with Gasteiger partial charge in [-0.2, -0.15) is 0 Å². The van der Waals surface area contributed by atoms with E-state index in [1.165, 1.54) is 0 Å². The Morgan fingerprint density at radius 1 is 1.47 bits per heavy atom. The van der Waals surface area contributed by atoms with Crippen LogP contribution in [0.3, 0.4) is 0 Å². The second kappa shape index (κ2) is 4.54. The van der Waals surface area contributed by atoms with Crippen molar-refractivity contribution in [2.45, 2.75) is 25.8 Å². The van der Waals surface area contributed by atoms with Crippen molar-refractivity contribution < 1.29 is 0 Å². The fourth-order valence-electron chi connectivity index (χ4n) is 1.74. The number of halogens is 2. The largest absolute Gasteiger partial charge is 0.327 e. The van der Waals surface area contributed by atoms with Gasteiger partial charge in [0.25, 0.3) is 0 Å². The maximum Gasteiger partial charge on any atom is 0.124 e. The van der Waals surface area contributed by atoms with Gasteiger partial charge >= 0.3 is 0 Å². The van der Waals surface area contributed by atoms with Crippen molar-refractivity contribution in [2.75, 3.05) is 0 Å². The molecule has 15 heavy (non-hydrogen) atoms. The number of benzene rings is 1. The van der Waals surface area contributed by atoms with E-state index in [1.807, 2.05) is 12.1 Å². The van der Waals surface area contributed by atoms with Crippen LogP contribution in [0.25, 0.3) is 11.0 Å². The third kappa shape index (κ3) is 1.91. The smallest absolute Gasteiger partial charge is 0.124 e. The van der Waals surface area contributed by atoms with Crippen molar-refractivity contribution in [3.8, 4) is 0 Å². The Bertz CT molecular complexity index is 479. The number of hydrogen-bond acceptors (Lipinski definition) is 1. The molecule has 0 aliphatic rings. The highest BCUT2D eigenvalue weighted by molar-refractivity contribution is 9.10. The number of para-hydroxylation sites is 1. The highest BCUT2D eigenvalue weighted by Crippen LogP contribution is 2.25. The Balaban J connectivity index is 2.68. The molecule has 4 heteroatoms. The fraction of sp³-hybridized carbons (Fsp3) is 0.364. The molecular formula is C11H12BrClN2. The van der Waals surface area contributed by atoms with Crippen LogP contribution in [-0.2, 0) is 12.4 Å². The van der Waals surface area contributed by atoms with E-state index in [4.69, 9.17) is 11.6 Å². The normalized spacial score (nSPS) is 11.1. The van der Waals surface area contributed by atoms with E-state index in [-0.39, 0.29) is 0 Å². The highest BCUT2D eigenvalue weighted by atomic mass is 79.9. The fourth-order valence-corrected chi connectivity index (χ4v) is 2.38. The Hall–Kier alpha value is -0.540. The topological polar surface area (TPSA) is 17.8 Å². The third-order valence-electron chi connectivity index (χ3n) is 2.38. The van der Waals surface area contributed by atoms with Crippen LogP contribution in [0, 0.1) is 0 Å². The molecule has 80 valence electrons. The van der Waals surface area contributed by atoms with Gasteiger partial charge in [0.1, 0.15) is 11.3 Å². The van der Waals surface area contributed by atoms with Crippen LogP contribution >= 0.6 is 27.5 Å². The van der Waals surface area contributed by atoms with Gasteiger partial charge in [-0.05, 0) is 34.5 Å². The first-order valence-corrected chi connectivity index (χ1v) is 6.30. The molecule has 0 amide bonds. The van der Waals surface area contributed by atoms with Crippen LogP contribution in [0.15, 0.2) is 22.7 Å². The summed E-state index contributed by atoms with van der Waals surface area (Å²) in [7, 11) is 0. The van der Waals surface area contributed by atoms with Crippen molar-refractivity contribution in [3.05, 3.63) is 28.5 Å². The van der Waals surface area contributed by atoms with Crippen molar-refractivity contribution in [3.63, 3.8) is 0 Å². The maximum atomic E-state index is 5.89. The average Bonchev–Trinajstić information content (AvgIpc) is 2.59. The van der Waals surface area contributed by atoms with E-state index < -0.39 is 0 Å². The van der Waals surface area contributed by atoms with Gasteiger partial charge in [0.05, 0.1) is 11.4 Å². The van der Waals surface area contributed by atoms with E-state index in [2.05, 4.69) is 38.5 Å². The zero-order valence-electron chi connectivity index (χ0n) is 8.50. The van der Waals surface area contributed by atoms with E-state index in [0.29, 0.717) is 5.88 Å². The lowest BCUT2D eigenvalue weighted by Gasteiger charge is -2.04. The zero-order chi connectivity index (χ0) is 10.8. The van der Waals surface area contributed by atoms with E-state index in [0.717, 1.165) is 34.3 Å². The first-order valence-electron chi connectivity index (χ1n) is 4.97. The second-order valence-electron chi connectivity index (χ2n) is 3.42. The van der Waals surface area contributed by atoms with Crippen LogP contribution in [0.4, 0.5) is 0 Å². The van der Waals surface area contributed by atoms with Gasteiger partial charge in [-0.1, -0.05) is 13.0 Å². The number of nitrogens with zero attached hydrogens (tertiary/aromatic N) is 2. The summed E-state index contributed by atoms with van der Waals surface area (Å²) >= 11 is 9.40. The molecule has 0 N–H and O–H groups in total. The summed E-state index contributed by atoms with van der Waals surface area (Å²) in [5.74, 6) is 1.40. The minimum atomic E-state index is 0.459. The van der Waals surface area contributed by atoms with Gasteiger partial charge in [0.2, 0.25) is 0 Å². The van der Waals surface area contributed by atoms with Gasteiger partial charge < -0.3 is 4.57 Å². The van der Waals surface area contributed by atoms with Gasteiger partial charge in [0.15, 0.2) is 0 Å². The molecule has 0 saturated carbocycles. The number of alkyl halides is 1. The first-order chi connectivity index (χ1) is 7.27. The maximum absolute atomic E-state index is 5.89. The molecule has 0 bridgehead atoms. The summed E-state index contributed by atoms with van der Waals surface area (Å²) in [5.41, 5.74) is 2.16. The third-order valence-corrected chi connectivity index (χ3v) is 3.25. The standard InChI is InChI=1S/C11H12BrClN2/c1-2-6-15-9-5-3-4-8(12)11(9)14-10(15)7-13/h3-5H,2,6-7H2,1H3. The van der Waals surface area contributed by atoms with Crippen molar-refractivity contribution in [1.29, 1.82) is 0 Å². The van der Waals surface area contributed by atoms with Crippen LogP contribution in [-0.4, -0.2) is 9.55 Å². The predicted molar refractivity (Wildman–Crippen MR) is 67.3 cm³/mol. The summed E-state index contributed by atoms with van der Waals surface area (Å²) in [6, 6.07) is 6.11. The number of aromatic nitrogens is 2. The molecule has 0 atom stereocenters. The SMILES string of the molecule is CCCn1c(CCl)nc2c(Br)cccc21. The van der Waals surface area contributed by atoms with E-state index >= 15 is 0 Å². The van der Waals surface area contributed by atoms with E-state index in [1.54, 1.807) is 0 Å². The molecule has 1 aromatic heterocycles. The van der Waals surface area contributed by atoms with Crippen LogP contribution in [0.1, 0.15) is 19.2 Å². The van der Waals surface area contributed by atoms with Crippen LogP contribution < -0.4 is 0 Å². The minimum absolute atomic E-state index is 0.459. The van der Waals surface area contributed by atoms with Gasteiger partial charge in [-0.25, -0.2) is 4.98 Å². The lowest BCUT2D eigenvalue weighted by molar-refractivity contribution is 0.672. The summed E-state index contributed by atoms with van der Waals surface area (Å²) in [4.78, 5) is 4.53.